The van der Waals surface area contributed by atoms with Crippen LogP contribution in [0.1, 0.15) is 11.4 Å². The fourth-order valence-electron chi connectivity index (χ4n) is 2.82. The number of alkyl halides is 3. The van der Waals surface area contributed by atoms with E-state index in [-0.39, 0.29) is 35.7 Å². The maximum atomic E-state index is 12.9. The number of ether oxygens (including phenoxy) is 1. The second-order valence-corrected chi connectivity index (χ2v) is 6.48. The molecule has 0 unspecified atom stereocenters. The average molecular weight is 443 g/mol. The molecule has 0 atom stereocenters. The van der Waals surface area contributed by atoms with Gasteiger partial charge in [0.1, 0.15) is 12.3 Å². The molecule has 0 aliphatic carbocycles. The second kappa shape index (κ2) is 8.45. The zero-order valence-electron chi connectivity index (χ0n) is 16.6. The summed E-state index contributed by atoms with van der Waals surface area (Å²) in [6.45, 7) is -0.0285. The number of para-hydroxylation sites is 2. The van der Waals surface area contributed by atoms with Crippen molar-refractivity contribution in [3.63, 3.8) is 0 Å². The van der Waals surface area contributed by atoms with Gasteiger partial charge in [-0.2, -0.15) is 32.9 Å². The number of hydrogen-bond acceptors (Lipinski definition) is 9. The van der Waals surface area contributed by atoms with Gasteiger partial charge in [-0.05, 0) is 29.5 Å². The first-order valence-electron chi connectivity index (χ1n) is 9.18. The van der Waals surface area contributed by atoms with Crippen LogP contribution >= 0.6 is 0 Å². The number of benzene rings is 2. The number of nitrogens with one attached hydrogen (secondary N) is 1. The molecule has 0 spiro atoms. The van der Waals surface area contributed by atoms with E-state index in [1.54, 1.807) is 12.1 Å². The van der Waals surface area contributed by atoms with E-state index in [2.05, 4.69) is 35.7 Å². The van der Waals surface area contributed by atoms with Gasteiger partial charge in [-0.15, -0.1) is 10.2 Å². The third-order valence-corrected chi connectivity index (χ3v) is 4.24. The first-order chi connectivity index (χ1) is 15.3. The van der Waals surface area contributed by atoms with Crippen LogP contribution in [0.5, 0.6) is 5.75 Å². The number of halogens is 3. The summed E-state index contributed by atoms with van der Waals surface area (Å²) in [5.74, 6) is 0.978. The Morgan fingerprint density at radius 1 is 1.06 bits per heavy atom. The van der Waals surface area contributed by atoms with E-state index in [1.807, 2.05) is 12.1 Å². The van der Waals surface area contributed by atoms with Crippen LogP contribution in [0.2, 0.25) is 0 Å². The van der Waals surface area contributed by atoms with E-state index in [0.29, 0.717) is 11.4 Å². The molecule has 2 aromatic carbocycles. The van der Waals surface area contributed by atoms with Crippen molar-refractivity contribution in [1.29, 1.82) is 0 Å². The molecule has 0 fully saturated rings. The van der Waals surface area contributed by atoms with Gasteiger partial charge >= 0.3 is 6.18 Å². The number of nitrogen functional groups attached to an aromatic ring is 1. The molecule has 164 valence electrons. The Morgan fingerprint density at radius 2 is 1.88 bits per heavy atom. The van der Waals surface area contributed by atoms with Crippen molar-refractivity contribution >= 4 is 17.6 Å². The van der Waals surface area contributed by atoms with Crippen LogP contribution in [0.4, 0.5) is 30.8 Å². The van der Waals surface area contributed by atoms with Crippen molar-refractivity contribution < 1.29 is 17.9 Å². The highest BCUT2D eigenvalue weighted by molar-refractivity contribution is 5.62. The number of nitrogens with zero attached hydrogens (tertiary/aromatic N) is 7. The van der Waals surface area contributed by atoms with Gasteiger partial charge in [-0.25, -0.2) is 0 Å². The largest absolute Gasteiger partial charge is 0.495 e. The third kappa shape index (κ3) is 4.71. The third-order valence-electron chi connectivity index (χ3n) is 4.24. The predicted octanol–water partition coefficient (Wildman–Crippen LogP) is 2.93. The zero-order valence-corrected chi connectivity index (χ0v) is 16.6. The quantitative estimate of drug-likeness (QED) is 0.462. The van der Waals surface area contributed by atoms with Gasteiger partial charge in [0.05, 0.1) is 18.4 Å². The highest BCUT2D eigenvalue weighted by Crippen LogP contribution is 2.31. The number of methoxy groups -OCH3 is 1. The van der Waals surface area contributed by atoms with Crippen molar-refractivity contribution in [1.82, 2.24) is 35.2 Å². The van der Waals surface area contributed by atoms with E-state index >= 15 is 0 Å². The van der Waals surface area contributed by atoms with Crippen molar-refractivity contribution in [2.45, 2.75) is 12.7 Å². The molecule has 0 radical (unpaired) electrons. The Hall–Kier alpha value is -4.29. The van der Waals surface area contributed by atoms with Gasteiger partial charge in [0.2, 0.25) is 17.7 Å². The SMILES string of the molecule is COc1ccccc1Nc1nc(N)nc(Cn2nnc(-c3cccc(C(F)(F)F)c3)n2)n1. The van der Waals surface area contributed by atoms with E-state index in [0.717, 1.165) is 16.9 Å². The van der Waals surface area contributed by atoms with Crippen LogP contribution in [0, 0.1) is 0 Å². The maximum absolute atomic E-state index is 12.9. The number of anilines is 3. The predicted molar refractivity (Wildman–Crippen MR) is 108 cm³/mol. The summed E-state index contributed by atoms with van der Waals surface area (Å²) < 4.78 is 44.1. The Kier molecular flexibility index (Phi) is 5.54. The molecule has 0 bridgehead atoms. The van der Waals surface area contributed by atoms with Gasteiger partial charge < -0.3 is 15.8 Å². The molecule has 0 aliphatic rings. The minimum absolute atomic E-state index is 0.0285. The van der Waals surface area contributed by atoms with Gasteiger partial charge in [0.25, 0.3) is 0 Å². The van der Waals surface area contributed by atoms with Crippen molar-refractivity contribution in [3.05, 3.63) is 59.9 Å². The molecular formula is C19H16F3N9O. The minimum Gasteiger partial charge on any atom is -0.495 e. The molecule has 2 aromatic heterocycles. The van der Waals surface area contributed by atoms with Crippen LogP contribution in [0.15, 0.2) is 48.5 Å². The van der Waals surface area contributed by atoms with E-state index in [9.17, 15) is 13.2 Å². The van der Waals surface area contributed by atoms with Crippen LogP contribution in [0.25, 0.3) is 11.4 Å². The summed E-state index contributed by atoms with van der Waals surface area (Å²) in [7, 11) is 1.53. The molecule has 0 saturated heterocycles. The molecule has 0 saturated carbocycles. The fourth-order valence-corrected chi connectivity index (χ4v) is 2.82. The molecule has 2 heterocycles. The zero-order chi connectivity index (χ0) is 22.7. The normalized spacial score (nSPS) is 11.4. The van der Waals surface area contributed by atoms with Crippen molar-refractivity contribution in [2.24, 2.45) is 0 Å². The summed E-state index contributed by atoms with van der Waals surface area (Å²) in [5.41, 5.74) is 5.79. The Labute approximate surface area is 179 Å². The number of tetrazole rings is 1. The molecule has 10 nitrogen and oxygen atoms in total. The smallest absolute Gasteiger partial charge is 0.416 e. The van der Waals surface area contributed by atoms with Gasteiger partial charge in [-0.3, -0.25) is 0 Å². The lowest BCUT2D eigenvalue weighted by Crippen LogP contribution is -2.12. The van der Waals surface area contributed by atoms with E-state index in [1.165, 1.54) is 19.2 Å². The van der Waals surface area contributed by atoms with Gasteiger partial charge in [0, 0.05) is 5.56 Å². The highest BCUT2D eigenvalue weighted by atomic mass is 19.4. The lowest BCUT2D eigenvalue weighted by molar-refractivity contribution is -0.137. The monoisotopic (exact) mass is 443 g/mol. The van der Waals surface area contributed by atoms with Crippen molar-refractivity contribution in [2.75, 3.05) is 18.2 Å². The number of hydrogen-bond donors (Lipinski definition) is 2. The number of aromatic nitrogens is 7. The van der Waals surface area contributed by atoms with Crippen LogP contribution in [-0.2, 0) is 12.7 Å². The Bertz CT molecular complexity index is 1240. The lowest BCUT2D eigenvalue weighted by Gasteiger charge is -2.10. The summed E-state index contributed by atoms with van der Waals surface area (Å²) in [6, 6.07) is 11.8. The van der Waals surface area contributed by atoms with Crippen LogP contribution in [-0.4, -0.2) is 42.3 Å². The summed E-state index contributed by atoms with van der Waals surface area (Å²) in [4.78, 5) is 13.5. The van der Waals surface area contributed by atoms with Gasteiger partial charge in [-0.1, -0.05) is 24.3 Å². The molecule has 0 aliphatic heterocycles. The standard InChI is InChI=1S/C19H16F3N9O/c1-32-14-8-3-2-7-13(14)24-18-26-15(25-17(23)27-18)10-31-29-16(28-30-31)11-5-4-6-12(9-11)19(20,21)22/h2-9H,10H2,1H3,(H3,23,24,25,26,27). The summed E-state index contributed by atoms with van der Waals surface area (Å²) in [6.07, 6.45) is -4.47. The van der Waals surface area contributed by atoms with E-state index in [4.69, 9.17) is 10.5 Å². The average Bonchev–Trinajstić information content (AvgIpc) is 3.22. The van der Waals surface area contributed by atoms with Crippen LogP contribution < -0.4 is 15.8 Å². The van der Waals surface area contributed by atoms with E-state index < -0.39 is 11.7 Å². The molecule has 4 aromatic rings. The topological polar surface area (TPSA) is 130 Å². The first kappa shape index (κ1) is 21.0. The second-order valence-electron chi connectivity index (χ2n) is 6.48. The number of nitrogens with two attached hydrogens (primary N) is 1. The molecule has 4 rings (SSSR count). The molecule has 13 heteroatoms. The fraction of sp³-hybridized carbons (Fsp3) is 0.158. The Balaban J connectivity index is 1.55. The lowest BCUT2D eigenvalue weighted by atomic mass is 10.1. The Morgan fingerprint density at radius 3 is 2.66 bits per heavy atom. The molecule has 0 amide bonds. The highest BCUT2D eigenvalue weighted by Gasteiger charge is 2.30. The molecule has 3 N–H and O–H groups in total. The minimum atomic E-state index is -4.47. The summed E-state index contributed by atoms with van der Waals surface area (Å²) in [5, 5.41) is 14.8. The number of rotatable bonds is 6. The van der Waals surface area contributed by atoms with Crippen molar-refractivity contribution in [3.8, 4) is 17.1 Å². The first-order valence-corrected chi connectivity index (χ1v) is 9.18. The molecular weight excluding hydrogens is 427 g/mol. The van der Waals surface area contributed by atoms with Gasteiger partial charge in [0.15, 0.2) is 5.82 Å². The van der Waals surface area contributed by atoms with Crippen LogP contribution in [0.3, 0.4) is 0 Å². The maximum Gasteiger partial charge on any atom is 0.416 e. The molecule has 32 heavy (non-hydrogen) atoms. The summed E-state index contributed by atoms with van der Waals surface area (Å²) >= 11 is 0.